The van der Waals surface area contributed by atoms with Gasteiger partial charge in [0.1, 0.15) is 0 Å². The minimum atomic E-state index is 0.375. The molecule has 1 aliphatic heterocycles. The van der Waals surface area contributed by atoms with Crippen molar-refractivity contribution < 1.29 is 4.74 Å². The van der Waals surface area contributed by atoms with Crippen LogP contribution in [0.3, 0.4) is 0 Å². The van der Waals surface area contributed by atoms with Crippen LogP contribution in [0.25, 0.3) is 0 Å². The van der Waals surface area contributed by atoms with Gasteiger partial charge in [-0.1, -0.05) is 6.42 Å². The highest BCUT2D eigenvalue weighted by Crippen LogP contribution is 2.48. The van der Waals surface area contributed by atoms with Crippen molar-refractivity contribution in [3.63, 3.8) is 0 Å². The molecule has 2 N–H and O–H groups in total. The first-order chi connectivity index (χ1) is 4.85. The van der Waals surface area contributed by atoms with Crippen LogP contribution in [0.5, 0.6) is 0 Å². The van der Waals surface area contributed by atoms with Gasteiger partial charge >= 0.3 is 0 Å². The summed E-state index contributed by atoms with van der Waals surface area (Å²) in [5.74, 6) is 0. The molecule has 1 unspecified atom stereocenters. The van der Waals surface area contributed by atoms with Crippen LogP contribution in [-0.4, -0.2) is 19.3 Å². The monoisotopic (exact) mass is 141 g/mol. The van der Waals surface area contributed by atoms with Gasteiger partial charge < -0.3 is 10.5 Å². The molecule has 0 aromatic carbocycles. The van der Waals surface area contributed by atoms with Crippen LogP contribution in [0.2, 0.25) is 0 Å². The first-order valence-corrected chi connectivity index (χ1v) is 4.16. The molecule has 0 bridgehead atoms. The zero-order chi connectivity index (χ0) is 7.03. The van der Waals surface area contributed by atoms with E-state index >= 15 is 0 Å². The molecule has 1 aliphatic carbocycles. The van der Waals surface area contributed by atoms with Crippen LogP contribution in [0.15, 0.2) is 0 Å². The lowest BCUT2D eigenvalue weighted by molar-refractivity contribution is 0.0715. The number of hydrogen-bond donors (Lipinski definition) is 1. The number of nitrogens with two attached hydrogens (primary N) is 1. The fourth-order valence-electron chi connectivity index (χ4n) is 2.07. The molecular formula is C8H15NO. The summed E-state index contributed by atoms with van der Waals surface area (Å²) in [5, 5.41) is 0. The van der Waals surface area contributed by atoms with Gasteiger partial charge in [-0.15, -0.1) is 0 Å². The van der Waals surface area contributed by atoms with E-state index in [1.807, 2.05) is 0 Å². The van der Waals surface area contributed by atoms with E-state index in [1.165, 1.54) is 25.7 Å². The molecule has 1 spiro atoms. The molecule has 2 nitrogen and oxygen atoms in total. The van der Waals surface area contributed by atoms with Crippen molar-refractivity contribution in [2.75, 3.05) is 13.2 Å². The minimum Gasteiger partial charge on any atom is -0.376 e. The van der Waals surface area contributed by atoms with Crippen molar-refractivity contribution in [1.29, 1.82) is 0 Å². The molecule has 2 fully saturated rings. The third-order valence-corrected chi connectivity index (χ3v) is 2.96. The maximum atomic E-state index is 5.53. The Morgan fingerprint density at radius 2 is 2.30 bits per heavy atom. The first-order valence-electron chi connectivity index (χ1n) is 4.16. The van der Waals surface area contributed by atoms with E-state index in [-0.39, 0.29) is 0 Å². The topological polar surface area (TPSA) is 35.2 Å². The summed E-state index contributed by atoms with van der Waals surface area (Å²) in [7, 11) is 0. The Bertz CT molecular complexity index is 131. The van der Waals surface area contributed by atoms with Crippen LogP contribution in [-0.2, 0) is 4.74 Å². The van der Waals surface area contributed by atoms with Crippen LogP contribution in [0.1, 0.15) is 25.7 Å². The second-order valence-corrected chi connectivity index (χ2v) is 3.73. The summed E-state index contributed by atoms with van der Waals surface area (Å²) in [6.07, 6.45) is 5.76. The van der Waals surface area contributed by atoms with Gasteiger partial charge in [0, 0.05) is 6.54 Å². The van der Waals surface area contributed by atoms with E-state index in [0.717, 1.165) is 6.61 Å². The van der Waals surface area contributed by atoms with Gasteiger partial charge in [-0.05, 0) is 24.7 Å². The molecule has 0 amide bonds. The van der Waals surface area contributed by atoms with Crippen molar-refractivity contribution in [1.82, 2.24) is 0 Å². The molecule has 1 saturated heterocycles. The number of rotatable bonds is 1. The lowest BCUT2D eigenvalue weighted by Gasteiger charge is -2.36. The molecule has 1 atom stereocenters. The van der Waals surface area contributed by atoms with Gasteiger partial charge in [0.25, 0.3) is 0 Å². The van der Waals surface area contributed by atoms with Gasteiger partial charge in [0.05, 0.1) is 12.7 Å². The van der Waals surface area contributed by atoms with Gasteiger partial charge in [-0.2, -0.15) is 0 Å². The van der Waals surface area contributed by atoms with Crippen LogP contribution in [0.4, 0.5) is 0 Å². The van der Waals surface area contributed by atoms with Crippen molar-refractivity contribution in [3.8, 4) is 0 Å². The summed E-state index contributed by atoms with van der Waals surface area (Å²) in [6, 6.07) is 0. The van der Waals surface area contributed by atoms with Gasteiger partial charge in [0.2, 0.25) is 0 Å². The second-order valence-electron chi connectivity index (χ2n) is 3.73. The highest BCUT2D eigenvalue weighted by atomic mass is 16.5. The van der Waals surface area contributed by atoms with Gasteiger partial charge in [-0.25, -0.2) is 0 Å². The maximum Gasteiger partial charge on any atom is 0.0703 e. The third kappa shape index (κ3) is 0.867. The zero-order valence-electron chi connectivity index (χ0n) is 6.31. The van der Waals surface area contributed by atoms with Gasteiger partial charge in [0.15, 0.2) is 0 Å². The Kier molecular flexibility index (Phi) is 1.46. The summed E-state index contributed by atoms with van der Waals surface area (Å²) in [4.78, 5) is 0. The lowest BCUT2D eigenvalue weighted by Crippen LogP contribution is -2.30. The molecule has 2 heteroatoms. The fraction of sp³-hybridized carbons (Fsp3) is 1.00. The van der Waals surface area contributed by atoms with Crippen molar-refractivity contribution in [2.45, 2.75) is 31.8 Å². The molecule has 2 rings (SSSR count). The Hall–Kier alpha value is -0.0800. The molecule has 0 radical (unpaired) electrons. The first kappa shape index (κ1) is 6.62. The molecule has 1 heterocycles. The Morgan fingerprint density at radius 3 is 2.60 bits per heavy atom. The molecule has 10 heavy (non-hydrogen) atoms. The van der Waals surface area contributed by atoms with E-state index in [2.05, 4.69) is 0 Å². The van der Waals surface area contributed by atoms with E-state index in [1.54, 1.807) is 0 Å². The number of hydrogen-bond acceptors (Lipinski definition) is 2. The zero-order valence-corrected chi connectivity index (χ0v) is 6.31. The van der Waals surface area contributed by atoms with E-state index in [4.69, 9.17) is 10.5 Å². The normalized spacial score (nSPS) is 36.3. The van der Waals surface area contributed by atoms with Crippen molar-refractivity contribution >= 4 is 0 Å². The van der Waals surface area contributed by atoms with Crippen LogP contribution < -0.4 is 5.73 Å². The van der Waals surface area contributed by atoms with Crippen molar-refractivity contribution in [3.05, 3.63) is 0 Å². The summed E-state index contributed by atoms with van der Waals surface area (Å²) < 4.78 is 5.53. The summed E-state index contributed by atoms with van der Waals surface area (Å²) in [6.45, 7) is 1.69. The largest absolute Gasteiger partial charge is 0.376 e. The Morgan fingerprint density at radius 1 is 1.50 bits per heavy atom. The Labute approximate surface area is 61.7 Å². The van der Waals surface area contributed by atoms with E-state index in [0.29, 0.717) is 18.1 Å². The number of ether oxygens (including phenoxy) is 1. The maximum absolute atomic E-state index is 5.53. The predicted molar refractivity (Wildman–Crippen MR) is 39.7 cm³/mol. The SMILES string of the molecule is NCC1CC2(CCC2)CO1. The summed E-state index contributed by atoms with van der Waals surface area (Å²) in [5.41, 5.74) is 6.10. The molecular weight excluding hydrogens is 126 g/mol. The van der Waals surface area contributed by atoms with E-state index in [9.17, 15) is 0 Å². The quantitative estimate of drug-likeness (QED) is 0.589. The fourth-order valence-corrected chi connectivity index (χ4v) is 2.07. The van der Waals surface area contributed by atoms with Crippen molar-refractivity contribution in [2.24, 2.45) is 11.1 Å². The predicted octanol–water partition coefficient (Wildman–Crippen LogP) is 0.904. The van der Waals surface area contributed by atoms with Crippen LogP contribution >= 0.6 is 0 Å². The average molecular weight is 141 g/mol. The third-order valence-electron chi connectivity index (χ3n) is 2.96. The average Bonchev–Trinajstić information content (AvgIpc) is 2.29. The molecule has 1 saturated carbocycles. The smallest absolute Gasteiger partial charge is 0.0703 e. The van der Waals surface area contributed by atoms with Gasteiger partial charge in [-0.3, -0.25) is 0 Å². The van der Waals surface area contributed by atoms with E-state index < -0.39 is 0 Å². The molecule has 2 aliphatic rings. The summed E-state index contributed by atoms with van der Waals surface area (Å²) >= 11 is 0. The standard InChI is InChI=1S/C8H15NO/c9-5-7-4-8(6-10-7)2-1-3-8/h7H,1-6,9H2. The molecule has 58 valence electrons. The second kappa shape index (κ2) is 2.21. The van der Waals surface area contributed by atoms with Crippen LogP contribution in [0, 0.1) is 5.41 Å². The highest BCUT2D eigenvalue weighted by molar-refractivity contribution is 4.94. The molecule has 0 aromatic heterocycles. The highest BCUT2D eigenvalue weighted by Gasteiger charge is 2.43. The molecule has 0 aromatic rings. The Balaban J connectivity index is 1.92. The minimum absolute atomic E-state index is 0.375. The lowest BCUT2D eigenvalue weighted by atomic mass is 9.68.